The molecule has 0 aliphatic carbocycles. The van der Waals surface area contributed by atoms with Crippen molar-refractivity contribution in [2.24, 2.45) is 0 Å². The number of pyridine rings is 1. The predicted octanol–water partition coefficient (Wildman–Crippen LogP) is 5.18. The van der Waals surface area contributed by atoms with Crippen LogP contribution in [0.3, 0.4) is 0 Å². The maximum absolute atomic E-state index is 11.5. The monoisotopic (exact) mass is 311 g/mol. The van der Waals surface area contributed by atoms with E-state index in [1.807, 2.05) is 36.4 Å². The Morgan fingerprint density at radius 3 is 1.88 bits per heavy atom. The molecule has 0 bridgehead atoms. The van der Waals surface area contributed by atoms with E-state index < -0.39 is 0 Å². The van der Waals surface area contributed by atoms with Gasteiger partial charge in [0, 0.05) is 16.3 Å². The summed E-state index contributed by atoms with van der Waals surface area (Å²) in [6, 6.07) is 24.4. The summed E-state index contributed by atoms with van der Waals surface area (Å²) in [7, 11) is 0. The molecule has 0 aliphatic rings. The third-order valence-corrected chi connectivity index (χ3v) is 4.44. The fourth-order valence-corrected chi connectivity index (χ4v) is 3.18. The molecule has 0 spiro atoms. The number of benzene rings is 3. The van der Waals surface area contributed by atoms with E-state index in [-0.39, 0.29) is 5.78 Å². The lowest BCUT2D eigenvalue weighted by molar-refractivity contribution is 0.101. The van der Waals surface area contributed by atoms with Crippen LogP contribution in [-0.2, 0) is 6.42 Å². The number of fused-ring (bicyclic) bond motifs is 2. The molecule has 3 aromatic carbocycles. The van der Waals surface area contributed by atoms with E-state index in [0.29, 0.717) is 0 Å². The van der Waals surface area contributed by atoms with Crippen molar-refractivity contribution in [1.82, 2.24) is 4.98 Å². The van der Waals surface area contributed by atoms with Crippen molar-refractivity contribution in [2.75, 3.05) is 0 Å². The van der Waals surface area contributed by atoms with Crippen LogP contribution in [-0.4, -0.2) is 10.8 Å². The van der Waals surface area contributed by atoms with Gasteiger partial charge in [0.25, 0.3) is 0 Å². The Hall–Kier alpha value is -3.00. The molecular formula is C22H17NO. The lowest BCUT2D eigenvalue weighted by atomic mass is 9.96. The number of hydrogen-bond acceptors (Lipinski definition) is 2. The van der Waals surface area contributed by atoms with Crippen molar-refractivity contribution in [1.29, 1.82) is 0 Å². The summed E-state index contributed by atoms with van der Waals surface area (Å²) in [6.45, 7) is 1.60. The SMILES string of the molecule is CC(=O)c1ccc(Cc2c3ccccc3nc3ccccc23)cc1. The molecule has 4 rings (SSSR count). The van der Waals surface area contributed by atoms with Crippen LogP contribution in [0.5, 0.6) is 0 Å². The molecule has 0 unspecified atom stereocenters. The number of para-hydroxylation sites is 2. The lowest BCUT2D eigenvalue weighted by Gasteiger charge is -2.11. The third-order valence-electron chi connectivity index (χ3n) is 4.44. The van der Waals surface area contributed by atoms with Crippen LogP contribution in [0.1, 0.15) is 28.4 Å². The van der Waals surface area contributed by atoms with E-state index in [1.54, 1.807) is 6.92 Å². The van der Waals surface area contributed by atoms with Gasteiger partial charge in [0.05, 0.1) is 11.0 Å². The first kappa shape index (κ1) is 14.6. The Bertz CT molecular complexity index is 994. The maximum Gasteiger partial charge on any atom is 0.159 e. The molecule has 4 aromatic rings. The number of Topliss-reactive ketones (excluding diaryl/α,β-unsaturated/α-hetero) is 1. The maximum atomic E-state index is 11.5. The number of carbonyl (C=O) groups is 1. The molecule has 0 atom stereocenters. The number of carbonyl (C=O) groups excluding carboxylic acids is 1. The number of aromatic nitrogens is 1. The molecule has 24 heavy (non-hydrogen) atoms. The molecule has 0 saturated heterocycles. The van der Waals surface area contributed by atoms with Gasteiger partial charge in [-0.2, -0.15) is 0 Å². The molecule has 1 aromatic heterocycles. The first-order valence-corrected chi connectivity index (χ1v) is 8.08. The van der Waals surface area contributed by atoms with Crippen LogP contribution >= 0.6 is 0 Å². The summed E-state index contributed by atoms with van der Waals surface area (Å²) in [5.74, 6) is 0.0985. The minimum atomic E-state index is 0.0985. The average Bonchev–Trinajstić information content (AvgIpc) is 2.62. The standard InChI is InChI=1S/C22H17NO/c1-15(24)17-12-10-16(11-13-17)14-20-18-6-2-4-8-21(18)23-22-9-5-3-7-19(20)22/h2-13H,14H2,1H3. The molecule has 1 heterocycles. The average molecular weight is 311 g/mol. The van der Waals surface area contributed by atoms with Gasteiger partial charge in [0.1, 0.15) is 0 Å². The van der Waals surface area contributed by atoms with Gasteiger partial charge in [-0.3, -0.25) is 4.79 Å². The van der Waals surface area contributed by atoms with Gasteiger partial charge < -0.3 is 0 Å². The van der Waals surface area contributed by atoms with Gasteiger partial charge in [-0.1, -0.05) is 60.7 Å². The number of nitrogens with zero attached hydrogens (tertiary/aromatic N) is 1. The zero-order chi connectivity index (χ0) is 16.5. The van der Waals surface area contributed by atoms with Gasteiger partial charge in [0.2, 0.25) is 0 Å². The van der Waals surface area contributed by atoms with Gasteiger partial charge in [-0.05, 0) is 36.6 Å². The zero-order valence-corrected chi connectivity index (χ0v) is 13.5. The van der Waals surface area contributed by atoms with Crippen LogP contribution in [0.4, 0.5) is 0 Å². The van der Waals surface area contributed by atoms with Crippen molar-refractivity contribution in [3.05, 3.63) is 89.5 Å². The number of hydrogen-bond donors (Lipinski definition) is 0. The smallest absolute Gasteiger partial charge is 0.159 e. The van der Waals surface area contributed by atoms with Crippen LogP contribution in [0.15, 0.2) is 72.8 Å². The Balaban J connectivity index is 1.88. The highest BCUT2D eigenvalue weighted by atomic mass is 16.1. The van der Waals surface area contributed by atoms with Crippen LogP contribution in [0.25, 0.3) is 21.8 Å². The quantitative estimate of drug-likeness (QED) is 0.385. The highest BCUT2D eigenvalue weighted by molar-refractivity contribution is 5.98. The summed E-state index contributed by atoms with van der Waals surface area (Å²) in [5, 5.41) is 2.37. The number of rotatable bonds is 3. The van der Waals surface area contributed by atoms with Crippen molar-refractivity contribution in [3.63, 3.8) is 0 Å². The molecule has 0 amide bonds. The normalized spacial score (nSPS) is 11.0. The Morgan fingerprint density at radius 2 is 1.33 bits per heavy atom. The molecule has 116 valence electrons. The van der Waals surface area contributed by atoms with E-state index >= 15 is 0 Å². The van der Waals surface area contributed by atoms with Gasteiger partial charge >= 0.3 is 0 Å². The van der Waals surface area contributed by atoms with Gasteiger partial charge in [0.15, 0.2) is 5.78 Å². The van der Waals surface area contributed by atoms with E-state index in [2.05, 4.69) is 36.4 Å². The summed E-state index contributed by atoms with van der Waals surface area (Å²) in [5.41, 5.74) is 5.27. The van der Waals surface area contributed by atoms with Crippen molar-refractivity contribution in [2.45, 2.75) is 13.3 Å². The Morgan fingerprint density at radius 1 is 0.792 bits per heavy atom. The van der Waals surface area contributed by atoms with Gasteiger partial charge in [-0.25, -0.2) is 4.98 Å². The van der Waals surface area contributed by atoms with Crippen LogP contribution in [0.2, 0.25) is 0 Å². The van der Waals surface area contributed by atoms with E-state index in [0.717, 1.165) is 23.0 Å². The molecule has 0 fully saturated rings. The first-order valence-electron chi connectivity index (χ1n) is 8.08. The number of ketones is 1. The Labute approximate surface area is 140 Å². The first-order chi connectivity index (χ1) is 11.7. The van der Waals surface area contributed by atoms with Crippen molar-refractivity contribution < 1.29 is 4.79 Å². The minimum absolute atomic E-state index is 0.0985. The fraction of sp³-hybridized carbons (Fsp3) is 0.0909. The second-order valence-electron chi connectivity index (χ2n) is 6.05. The molecule has 0 radical (unpaired) electrons. The highest BCUT2D eigenvalue weighted by Gasteiger charge is 2.09. The molecule has 0 N–H and O–H groups in total. The van der Waals surface area contributed by atoms with Crippen LogP contribution < -0.4 is 0 Å². The second kappa shape index (κ2) is 5.89. The summed E-state index contributed by atoms with van der Waals surface area (Å²) in [4.78, 5) is 16.2. The molecule has 2 heteroatoms. The third kappa shape index (κ3) is 2.56. The Kier molecular flexibility index (Phi) is 3.58. The zero-order valence-electron chi connectivity index (χ0n) is 13.5. The minimum Gasteiger partial charge on any atom is -0.295 e. The highest BCUT2D eigenvalue weighted by Crippen LogP contribution is 2.28. The lowest BCUT2D eigenvalue weighted by Crippen LogP contribution is -1.96. The molecule has 0 saturated carbocycles. The molecule has 2 nitrogen and oxygen atoms in total. The summed E-state index contributed by atoms with van der Waals surface area (Å²) >= 11 is 0. The summed E-state index contributed by atoms with van der Waals surface area (Å²) in [6.07, 6.45) is 0.821. The molecule has 0 aliphatic heterocycles. The van der Waals surface area contributed by atoms with E-state index in [9.17, 15) is 4.79 Å². The van der Waals surface area contributed by atoms with Crippen molar-refractivity contribution in [3.8, 4) is 0 Å². The van der Waals surface area contributed by atoms with Crippen LogP contribution in [0, 0.1) is 0 Å². The molecular weight excluding hydrogens is 294 g/mol. The van der Waals surface area contributed by atoms with E-state index in [1.165, 1.54) is 21.9 Å². The largest absolute Gasteiger partial charge is 0.295 e. The second-order valence-corrected chi connectivity index (χ2v) is 6.05. The fourth-order valence-electron chi connectivity index (χ4n) is 3.18. The predicted molar refractivity (Wildman–Crippen MR) is 98.5 cm³/mol. The van der Waals surface area contributed by atoms with E-state index in [4.69, 9.17) is 4.98 Å². The van der Waals surface area contributed by atoms with Gasteiger partial charge in [-0.15, -0.1) is 0 Å². The topological polar surface area (TPSA) is 30.0 Å². The van der Waals surface area contributed by atoms with Crippen molar-refractivity contribution >= 4 is 27.6 Å². The summed E-state index contributed by atoms with van der Waals surface area (Å²) < 4.78 is 0.